The summed E-state index contributed by atoms with van der Waals surface area (Å²) in [4.78, 5) is 25.9. The molecule has 27 heavy (non-hydrogen) atoms. The number of rotatable bonds is 5. The molecule has 2 aromatic heterocycles. The summed E-state index contributed by atoms with van der Waals surface area (Å²) in [6, 6.07) is 3.57. The molecule has 0 atom stereocenters. The lowest BCUT2D eigenvalue weighted by Gasteiger charge is -2.25. The van der Waals surface area contributed by atoms with Crippen LogP contribution in [0.3, 0.4) is 0 Å². The van der Waals surface area contributed by atoms with Crippen molar-refractivity contribution in [3.8, 4) is 6.07 Å². The van der Waals surface area contributed by atoms with Crippen molar-refractivity contribution in [1.82, 2.24) is 19.9 Å². The minimum Gasteiger partial charge on any atom is -0.428 e. The van der Waals surface area contributed by atoms with E-state index in [0.717, 1.165) is 32.4 Å². The van der Waals surface area contributed by atoms with Gasteiger partial charge in [-0.3, -0.25) is 0 Å². The van der Waals surface area contributed by atoms with E-state index in [1.807, 2.05) is 6.07 Å². The molecule has 1 saturated heterocycles. The Kier molecular flexibility index (Phi) is 5.84. The Morgan fingerprint density at radius 2 is 1.96 bits per heavy atom. The van der Waals surface area contributed by atoms with Gasteiger partial charge in [-0.25, -0.2) is 19.7 Å². The lowest BCUT2D eigenvalue weighted by molar-refractivity contribution is 0.101. The number of nitrogen functional groups attached to an aromatic ring is 1. The molecule has 0 unspecified atom stereocenters. The molecular formula is C17H20N8O2. The summed E-state index contributed by atoms with van der Waals surface area (Å²) in [5.74, 6) is 0.918. The molecule has 0 aliphatic carbocycles. The van der Waals surface area contributed by atoms with Crippen molar-refractivity contribution in [2.45, 2.75) is 19.3 Å². The molecule has 2 aromatic rings. The van der Waals surface area contributed by atoms with Crippen LogP contribution in [0.1, 0.15) is 25.0 Å². The number of hydrogen-bond donors (Lipinski definition) is 3. The number of nitrogens with one attached hydrogen (secondary N) is 2. The Balaban J connectivity index is 1.56. The molecule has 140 valence electrons. The van der Waals surface area contributed by atoms with E-state index in [2.05, 4.69) is 25.6 Å². The lowest BCUT2D eigenvalue weighted by Crippen LogP contribution is -2.36. The summed E-state index contributed by atoms with van der Waals surface area (Å²) >= 11 is 0. The predicted molar refractivity (Wildman–Crippen MR) is 99.1 cm³/mol. The first-order valence-electron chi connectivity index (χ1n) is 8.56. The third-order valence-electron chi connectivity index (χ3n) is 4.03. The van der Waals surface area contributed by atoms with Crippen LogP contribution >= 0.6 is 0 Å². The topological polar surface area (TPSA) is 142 Å². The maximum absolute atomic E-state index is 12.0. The highest BCUT2D eigenvalue weighted by molar-refractivity contribution is 5.71. The molecule has 3 rings (SSSR count). The zero-order chi connectivity index (χ0) is 19.1. The molecule has 0 radical (unpaired) electrons. The Labute approximate surface area is 156 Å². The number of ether oxygens (including phenoxy) is 1. The van der Waals surface area contributed by atoms with Gasteiger partial charge in [-0.05, 0) is 19.3 Å². The van der Waals surface area contributed by atoms with Crippen molar-refractivity contribution in [2.75, 3.05) is 36.2 Å². The van der Waals surface area contributed by atoms with Gasteiger partial charge in [0.15, 0.2) is 12.4 Å². The van der Waals surface area contributed by atoms with Gasteiger partial charge in [-0.15, -0.1) is 0 Å². The third kappa shape index (κ3) is 4.94. The number of hydrogen-bond acceptors (Lipinski definition) is 9. The van der Waals surface area contributed by atoms with Gasteiger partial charge in [-0.1, -0.05) is 0 Å². The van der Waals surface area contributed by atoms with Gasteiger partial charge in [0.1, 0.15) is 17.7 Å². The molecule has 3 heterocycles. The Morgan fingerprint density at radius 3 is 2.67 bits per heavy atom. The van der Waals surface area contributed by atoms with Crippen LogP contribution in [0.2, 0.25) is 0 Å². The molecule has 10 heteroatoms. The standard InChI is InChI=1S/C17H20N8O2/c18-7-12-8-21-16(10-20-12)24-15-6-14(13(19)9-22-15)23-11-27-17(26)25-4-2-1-3-5-25/h6,8-10H,1-5,11,19H2,(H2,21,22,23,24). The zero-order valence-electron chi connectivity index (χ0n) is 14.7. The van der Waals surface area contributed by atoms with Gasteiger partial charge in [0.2, 0.25) is 0 Å². The van der Waals surface area contributed by atoms with E-state index in [-0.39, 0.29) is 18.5 Å². The monoisotopic (exact) mass is 368 g/mol. The summed E-state index contributed by atoms with van der Waals surface area (Å²) in [6.45, 7) is 1.46. The van der Waals surface area contributed by atoms with Gasteiger partial charge in [-0.2, -0.15) is 5.26 Å². The Morgan fingerprint density at radius 1 is 1.19 bits per heavy atom. The smallest absolute Gasteiger partial charge is 0.411 e. The summed E-state index contributed by atoms with van der Waals surface area (Å²) < 4.78 is 5.25. The highest BCUT2D eigenvalue weighted by atomic mass is 16.6. The quantitative estimate of drug-likeness (QED) is 0.676. The lowest BCUT2D eigenvalue weighted by atomic mass is 10.1. The van der Waals surface area contributed by atoms with Crippen molar-refractivity contribution in [1.29, 1.82) is 5.26 Å². The van der Waals surface area contributed by atoms with Gasteiger partial charge >= 0.3 is 6.09 Å². The van der Waals surface area contributed by atoms with Crippen molar-refractivity contribution >= 4 is 29.1 Å². The largest absolute Gasteiger partial charge is 0.428 e. The van der Waals surface area contributed by atoms with Crippen molar-refractivity contribution in [3.63, 3.8) is 0 Å². The summed E-state index contributed by atoms with van der Waals surface area (Å²) in [5.41, 5.74) is 7.13. The van der Waals surface area contributed by atoms with Crippen LogP contribution in [0.5, 0.6) is 0 Å². The van der Waals surface area contributed by atoms with E-state index in [9.17, 15) is 4.79 Å². The first-order valence-corrected chi connectivity index (χ1v) is 8.56. The number of carbonyl (C=O) groups excluding carboxylic acids is 1. The highest BCUT2D eigenvalue weighted by Gasteiger charge is 2.17. The molecule has 1 amide bonds. The predicted octanol–water partition coefficient (Wildman–Crippen LogP) is 2.06. The van der Waals surface area contributed by atoms with E-state index in [4.69, 9.17) is 15.7 Å². The van der Waals surface area contributed by atoms with Crippen molar-refractivity contribution < 1.29 is 9.53 Å². The second kappa shape index (κ2) is 8.66. The number of nitrogens with two attached hydrogens (primary N) is 1. The molecule has 0 spiro atoms. The maximum Gasteiger partial charge on any atom is 0.411 e. The molecule has 1 aliphatic heterocycles. The van der Waals surface area contributed by atoms with Crippen LogP contribution < -0.4 is 16.4 Å². The molecule has 0 bridgehead atoms. The zero-order valence-corrected chi connectivity index (χ0v) is 14.7. The molecule has 4 N–H and O–H groups in total. The second-order valence-corrected chi connectivity index (χ2v) is 5.96. The van der Waals surface area contributed by atoms with Gasteiger partial charge in [0, 0.05) is 19.2 Å². The number of anilines is 4. The summed E-state index contributed by atoms with van der Waals surface area (Å²) in [7, 11) is 0. The average Bonchev–Trinajstić information content (AvgIpc) is 2.71. The normalized spacial score (nSPS) is 13.5. The first-order chi connectivity index (χ1) is 13.2. The van der Waals surface area contributed by atoms with E-state index in [1.165, 1.54) is 18.6 Å². The van der Waals surface area contributed by atoms with Gasteiger partial charge in [0.05, 0.1) is 30.0 Å². The summed E-state index contributed by atoms with van der Waals surface area (Å²) in [6.07, 6.45) is 7.10. The SMILES string of the molecule is N#Cc1cnc(Nc2cc(NCOC(=O)N3CCCCC3)c(N)cn2)cn1. The minimum absolute atomic E-state index is 0.000339. The van der Waals surface area contributed by atoms with Crippen LogP contribution in [0, 0.1) is 11.3 Å². The molecule has 1 fully saturated rings. The van der Waals surface area contributed by atoms with Crippen LogP contribution in [0.4, 0.5) is 27.8 Å². The van der Waals surface area contributed by atoms with Gasteiger partial charge < -0.3 is 26.0 Å². The van der Waals surface area contributed by atoms with Gasteiger partial charge in [0.25, 0.3) is 0 Å². The Bertz CT molecular complexity index is 828. The second-order valence-electron chi connectivity index (χ2n) is 5.96. The molecule has 1 aliphatic rings. The van der Waals surface area contributed by atoms with E-state index in [1.54, 1.807) is 11.0 Å². The fourth-order valence-electron chi connectivity index (χ4n) is 2.61. The number of pyridine rings is 1. The van der Waals surface area contributed by atoms with Crippen LogP contribution in [0.15, 0.2) is 24.7 Å². The van der Waals surface area contributed by atoms with Crippen LogP contribution in [-0.2, 0) is 4.74 Å². The molecular weight excluding hydrogens is 348 g/mol. The molecule has 0 aromatic carbocycles. The van der Waals surface area contributed by atoms with E-state index in [0.29, 0.717) is 23.0 Å². The number of carbonyl (C=O) groups is 1. The molecule has 0 saturated carbocycles. The Hall–Kier alpha value is -3.61. The fraction of sp³-hybridized carbons (Fsp3) is 0.353. The van der Waals surface area contributed by atoms with E-state index >= 15 is 0 Å². The summed E-state index contributed by atoms with van der Waals surface area (Å²) in [5, 5.41) is 14.7. The maximum atomic E-state index is 12.0. The number of nitriles is 1. The highest BCUT2D eigenvalue weighted by Crippen LogP contribution is 2.22. The third-order valence-corrected chi connectivity index (χ3v) is 4.03. The minimum atomic E-state index is -0.332. The number of likely N-dealkylation sites (tertiary alicyclic amines) is 1. The molecule has 10 nitrogen and oxygen atoms in total. The van der Waals surface area contributed by atoms with Crippen molar-refractivity contribution in [3.05, 3.63) is 30.4 Å². The number of piperidine rings is 1. The fourth-order valence-corrected chi connectivity index (χ4v) is 2.61. The number of aromatic nitrogens is 3. The van der Waals surface area contributed by atoms with E-state index < -0.39 is 0 Å². The average molecular weight is 368 g/mol. The van der Waals surface area contributed by atoms with Crippen molar-refractivity contribution in [2.24, 2.45) is 0 Å². The number of nitrogens with zero attached hydrogens (tertiary/aromatic N) is 5. The van der Waals surface area contributed by atoms with Crippen LogP contribution in [0.25, 0.3) is 0 Å². The first kappa shape index (κ1) is 18.2. The van der Waals surface area contributed by atoms with Crippen LogP contribution in [-0.4, -0.2) is 45.8 Å². The number of amides is 1.